The molecule has 0 aromatic rings. The number of hydrogen-bond donors (Lipinski definition) is 8. The first kappa shape index (κ1) is 22.6. The van der Waals surface area contributed by atoms with Crippen LogP contribution < -0.4 is 21.7 Å². The predicted octanol–water partition coefficient (Wildman–Crippen LogP) is -4.12. The number of amides is 3. The number of carboxylic acid groups (broad SMARTS) is 2. The van der Waals surface area contributed by atoms with E-state index in [0.717, 1.165) is 0 Å². The number of aliphatic hydroxyl groups is 1. The van der Waals surface area contributed by atoms with Gasteiger partial charge < -0.3 is 37.0 Å². The number of carbonyl (C=O) groups excluding carboxylic acids is 3. The van der Waals surface area contributed by atoms with Gasteiger partial charge in [0.05, 0.1) is 25.6 Å². The van der Waals surface area contributed by atoms with Crippen molar-refractivity contribution in [1.82, 2.24) is 16.0 Å². The van der Waals surface area contributed by atoms with E-state index in [1.54, 1.807) is 0 Å². The van der Waals surface area contributed by atoms with E-state index in [4.69, 9.17) is 21.1 Å². The van der Waals surface area contributed by atoms with Crippen LogP contribution in [0.25, 0.3) is 0 Å². The monoisotopic (exact) mass is 380 g/mol. The molecule has 0 saturated heterocycles. The average molecular weight is 380 g/mol. The smallest absolute Gasteiger partial charge is 0.326 e. The molecule has 0 aromatic heterocycles. The molecule has 0 aliphatic carbocycles. The molecule has 0 aliphatic rings. The van der Waals surface area contributed by atoms with Crippen molar-refractivity contribution in [1.29, 1.82) is 0 Å². The Bertz CT molecular complexity index is 529. The zero-order valence-electron chi connectivity index (χ0n) is 13.0. The summed E-state index contributed by atoms with van der Waals surface area (Å²) in [6, 6.07) is -4.04. The largest absolute Gasteiger partial charge is 0.481 e. The number of carboxylic acids is 2. The van der Waals surface area contributed by atoms with Crippen molar-refractivity contribution >= 4 is 42.3 Å². The first-order valence-electron chi connectivity index (χ1n) is 6.91. The molecule has 0 saturated carbocycles. The van der Waals surface area contributed by atoms with Gasteiger partial charge in [-0.2, -0.15) is 12.6 Å². The third kappa shape index (κ3) is 8.88. The fourth-order valence-corrected chi connectivity index (χ4v) is 1.63. The van der Waals surface area contributed by atoms with Crippen molar-refractivity contribution in [3.63, 3.8) is 0 Å². The summed E-state index contributed by atoms with van der Waals surface area (Å²) in [5.74, 6) is -5.59. The van der Waals surface area contributed by atoms with Crippen molar-refractivity contribution in [2.45, 2.75) is 24.5 Å². The highest BCUT2D eigenvalue weighted by Crippen LogP contribution is 1.93. The summed E-state index contributed by atoms with van der Waals surface area (Å²) in [5.41, 5.74) is 5.40. The molecule has 3 atom stereocenters. The topological polar surface area (TPSA) is 208 Å². The Morgan fingerprint density at radius 1 is 1.00 bits per heavy atom. The molecule has 25 heavy (non-hydrogen) atoms. The highest BCUT2D eigenvalue weighted by molar-refractivity contribution is 7.80. The van der Waals surface area contributed by atoms with Crippen LogP contribution in [-0.2, 0) is 24.0 Å². The lowest BCUT2D eigenvalue weighted by Gasteiger charge is -2.18. The molecule has 12 nitrogen and oxygen atoms in total. The minimum Gasteiger partial charge on any atom is -0.481 e. The number of thiol groups is 1. The lowest BCUT2D eigenvalue weighted by Crippen LogP contribution is -2.55. The molecular formula is C12H20N4O8S. The fourth-order valence-electron chi connectivity index (χ4n) is 1.47. The van der Waals surface area contributed by atoms with Crippen LogP contribution in [0.15, 0.2) is 0 Å². The van der Waals surface area contributed by atoms with Crippen LogP contribution in [0.4, 0.5) is 0 Å². The first-order chi connectivity index (χ1) is 11.6. The maximum Gasteiger partial charge on any atom is 0.326 e. The number of hydrogen-bond acceptors (Lipinski definition) is 8. The third-order valence-corrected chi connectivity index (χ3v) is 3.18. The van der Waals surface area contributed by atoms with E-state index in [0.29, 0.717) is 0 Å². The molecule has 142 valence electrons. The summed E-state index contributed by atoms with van der Waals surface area (Å²) < 4.78 is 0. The zero-order chi connectivity index (χ0) is 19.6. The van der Waals surface area contributed by atoms with Gasteiger partial charge in [0.15, 0.2) is 0 Å². The predicted molar refractivity (Wildman–Crippen MR) is 85.7 cm³/mol. The average Bonchev–Trinajstić information content (AvgIpc) is 2.55. The van der Waals surface area contributed by atoms with E-state index in [1.807, 2.05) is 5.32 Å². The van der Waals surface area contributed by atoms with Gasteiger partial charge in [-0.1, -0.05) is 0 Å². The number of rotatable bonds is 11. The molecule has 0 radical (unpaired) electrons. The Hall–Kier alpha value is -2.38. The van der Waals surface area contributed by atoms with Crippen molar-refractivity contribution in [3.8, 4) is 0 Å². The van der Waals surface area contributed by atoms with E-state index in [2.05, 4.69) is 23.3 Å². The molecule has 0 rings (SSSR count). The van der Waals surface area contributed by atoms with Gasteiger partial charge >= 0.3 is 11.9 Å². The summed E-state index contributed by atoms with van der Waals surface area (Å²) in [4.78, 5) is 56.2. The quantitative estimate of drug-likeness (QED) is 0.163. The Morgan fingerprint density at radius 3 is 2.04 bits per heavy atom. The lowest BCUT2D eigenvalue weighted by atomic mass is 10.2. The Kier molecular flexibility index (Phi) is 10.2. The molecule has 0 heterocycles. The molecule has 13 heteroatoms. The highest BCUT2D eigenvalue weighted by Gasteiger charge is 2.25. The van der Waals surface area contributed by atoms with Crippen LogP contribution in [-0.4, -0.2) is 82.0 Å². The fraction of sp³-hybridized carbons (Fsp3) is 0.583. The van der Waals surface area contributed by atoms with Crippen LogP contribution in [0, 0.1) is 0 Å². The van der Waals surface area contributed by atoms with Gasteiger partial charge in [0.1, 0.15) is 12.1 Å². The lowest BCUT2D eigenvalue weighted by molar-refractivity contribution is -0.147. The minimum atomic E-state index is -1.66. The molecular weight excluding hydrogens is 360 g/mol. The Morgan fingerprint density at radius 2 is 1.60 bits per heavy atom. The number of carbonyl (C=O) groups is 5. The van der Waals surface area contributed by atoms with Gasteiger partial charge in [0.25, 0.3) is 0 Å². The third-order valence-electron chi connectivity index (χ3n) is 2.78. The van der Waals surface area contributed by atoms with E-state index in [-0.39, 0.29) is 5.75 Å². The molecule has 0 spiro atoms. The first-order valence-corrected chi connectivity index (χ1v) is 7.54. The molecule has 0 aromatic carbocycles. The highest BCUT2D eigenvalue weighted by atomic mass is 32.1. The molecule has 0 bridgehead atoms. The maximum atomic E-state index is 11.8. The zero-order valence-corrected chi connectivity index (χ0v) is 13.9. The second-order valence-corrected chi connectivity index (χ2v) is 5.17. The molecule has 3 amide bonds. The van der Waals surface area contributed by atoms with E-state index < -0.39 is 67.4 Å². The van der Waals surface area contributed by atoms with Gasteiger partial charge in [-0.15, -0.1) is 0 Å². The van der Waals surface area contributed by atoms with Crippen molar-refractivity contribution in [3.05, 3.63) is 0 Å². The SMILES string of the molecule is NC(CS)C(=O)NC(CO)C(=O)NCC(=O)NC(CC(=O)O)C(=O)O. The summed E-state index contributed by atoms with van der Waals surface area (Å²) in [5, 5.41) is 32.6. The molecule has 0 fully saturated rings. The van der Waals surface area contributed by atoms with Gasteiger partial charge in [-0.3, -0.25) is 19.2 Å². The van der Waals surface area contributed by atoms with Gasteiger partial charge in [0.2, 0.25) is 17.7 Å². The van der Waals surface area contributed by atoms with E-state index >= 15 is 0 Å². The summed E-state index contributed by atoms with van der Waals surface area (Å²) in [6.45, 7) is -1.46. The number of nitrogens with one attached hydrogen (secondary N) is 3. The van der Waals surface area contributed by atoms with Crippen LogP contribution in [0.2, 0.25) is 0 Å². The van der Waals surface area contributed by atoms with Crippen molar-refractivity contribution < 1.29 is 39.3 Å². The Labute approximate surface area is 147 Å². The number of aliphatic carboxylic acids is 2. The van der Waals surface area contributed by atoms with Crippen LogP contribution in [0.5, 0.6) is 0 Å². The summed E-state index contributed by atoms with van der Waals surface area (Å²) in [7, 11) is 0. The van der Waals surface area contributed by atoms with Crippen LogP contribution in [0.3, 0.4) is 0 Å². The maximum absolute atomic E-state index is 11.8. The van der Waals surface area contributed by atoms with Crippen LogP contribution >= 0.6 is 12.6 Å². The van der Waals surface area contributed by atoms with Crippen molar-refractivity contribution in [2.24, 2.45) is 5.73 Å². The second-order valence-electron chi connectivity index (χ2n) is 4.81. The van der Waals surface area contributed by atoms with E-state index in [9.17, 15) is 24.0 Å². The van der Waals surface area contributed by atoms with Gasteiger partial charge in [0, 0.05) is 5.75 Å². The van der Waals surface area contributed by atoms with Gasteiger partial charge in [-0.05, 0) is 0 Å². The minimum absolute atomic E-state index is 0.00810. The second kappa shape index (κ2) is 11.2. The van der Waals surface area contributed by atoms with E-state index in [1.165, 1.54) is 0 Å². The number of nitrogens with two attached hydrogens (primary N) is 1. The summed E-state index contributed by atoms with van der Waals surface area (Å²) in [6.07, 6.45) is -0.841. The van der Waals surface area contributed by atoms with Crippen molar-refractivity contribution in [2.75, 3.05) is 18.9 Å². The number of aliphatic hydroxyl groups excluding tert-OH is 1. The summed E-state index contributed by atoms with van der Waals surface area (Å²) >= 11 is 3.81. The van der Waals surface area contributed by atoms with Crippen LogP contribution in [0.1, 0.15) is 6.42 Å². The van der Waals surface area contributed by atoms with Gasteiger partial charge in [-0.25, -0.2) is 4.79 Å². The Balaban J connectivity index is 4.54. The standard InChI is InChI=1S/C12H20N4O8S/c13-5(4-25)10(21)16-7(3-17)11(22)14-2-8(18)15-6(12(23)24)1-9(19)20/h5-7,17,25H,1-4,13H2,(H,14,22)(H,15,18)(H,16,21)(H,19,20)(H,23,24). The normalized spacial score (nSPS) is 13.9. The molecule has 0 aliphatic heterocycles. The molecule has 8 N–H and O–H groups in total. The molecule has 3 unspecified atom stereocenters.